The van der Waals surface area contributed by atoms with Gasteiger partial charge in [-0.2, -0.15) is 0 Å². The van der Waals surface area contributed by atoms with Crippen LogP contribution in [0.15, 0.2) is 109 Å². The molecule has 0 amide bonds. The summed E-state index contributed by atoms with van der Waals surface area (Å²) in [5, 5.41) is 24.9. The Morgan fingerprint density at radius 2 is 0.816 bits per heavy atom. The standard InChI is InChI=1S/C33H22O5/c34-29(35)27-28(30(36)37)33(20-13-5-2-6-14-20)26-24-18-10-8-16-22(24)21-15-7-9-17-23(21)25(26)32(27,31(33)38)19-11-3-1-4-12-19/h1-18,27-28H,(H,34,35)(H,36,37)/t27-,28+,32+,33-. The van der Waals surface area contributed by atoms with Gasteiger partial charge in [-0.05, 0) is 43.8 Å². The van der Waals surface area contributed by atoms with E-state index in [1.54, 1.807) is 48.5 Å². The highest BCUT2D eigenvalue weighted by Crippen LogP contribution is 2.70. The normalized spacial score (nSPS) is 25.5. The molecule has 1 saturated carbocycles. The fourth-order valence-electron chi connectivity index (χ4n) is 7.56. The second kappa shape index (κ2) is 7.62. The molecule has 2 aliphatic rings. The van der Waals surface area contributed by atoms with E-state index in [9.17, 15) is 19.8 Å². The Bertz CT molecular complexity index is 1680. The quantitative estimate of drug-likeness (QED) is 0.317. The van der Waals surface area contributed by atoms with Gasteiger partial charge in [0.25, 0.3) is 0 Å². The summed E-state index contributed by atoms with van der Waals surface area (Å²) in [6.45, 7) is 0. The van der Waals surface area contributed by atoms with Gasteiger partial charge in [-0.25, -0.2) is 0 Å². The lowest BCUT2D eigenvalue weighted by Crippen LogP contribution is -2.48. The third-order valence-corrected chi connectivity index (χ3v) is 8.69. The van der Waals surface area contributed by atoms with Gasteiger partial charge >= 0.3 is 11.9 Å². The minimum Gasteiger partial charge on any atom is -0.481 e. The van der Waals surface area contributed by atoms with Crippen molar-refractivity contribution in [1.82, 2.24) is 0 Å². The fourth-order valence-corrected chi connectivity index (χ4v) is 7.56. The highest BCUT2D eigenvalue weighted by Gasteiger charge is 2.80. The van der Waals surface area contributed by atoms with E-state index in [2.05, 4.69) is 0 Å². The van der Waals surface area contributed by atoms with Crippen molar-refractivity contribution in [1.29, 1.82) is 0 Å². The molecule has 4 atom stereocenters. The van der Waals surface area contributed by atoms with Crippen LogP contribution in [0.2, 0.25) is 0 Å². The van der Waals surface area contributed by atoms with E-state index in [-0.39, 0.29) is 0 Å². The van der Waals surface area contributed by atoms with Crippen molar-refractivity contribution < 1.29 is 24.6 Å². The van der Waals surface area contributed by atoms with Gasteiger partial charge < -0.3 is 10.2 Å². The van der Waals surface area contributed by atoms with E-state index in [1.807, 2.05) is 60.7 Å². The first-order chi connectivity index (χ1) is 18.5. The van der Waals surface area contributed by atoms with Crippen LogP contribution in [0.5, 0.6) is 0 Å². The molecule has 5 heteroatoms. The van der Waals surface area contributed by atoms with Crippen LogP contribution in [0.1, 0.15) is 22.3 Å². The van der Waals surface area contributed by atoms with Crippen LogP contribution >= 0.6 is 0 Å². The first-order valence-electron chi connectivity index (χ1n) is 12.5. The maximum atomic E-state index is 15.3. The molecular formula is C33H22O5. The molecule has 38 heavy (non-hydrogen) atoms. The Kier molecular flexibility index (Phi) is 4.50. The minimum atomic E-state index is -1.69. The number of carbonyl (C=O) groups excluding carboxylic acids is 1. The molecule has 2 N–H and O–H groups in total. The van der Waals surface area contributed by atoms with E-state index in [0.29, 0.717) is 22.3 Å². The molecule has 1 fully saturated rings. The average Bonchev–Trinajstić information content (AvgIpc) is 3.34. The molecule has 0 heterocycles. The van der Waals surface area contributed by atoms with Gasteiger partial charge in [0.05, 0.1) is 22.7 Å². The first kappa shape index (κ1) is 22.4. The fraction of sp³-hybridized carbons (Fsp3) is 0.121. The van der Waals surface area contributed by atoms with E-state index in [0.717, 1.165) is 21.5 Å². The third-order valence-electron chi connectivity index (χ3n) is 8.69. The van der Waals surface area contributed by atoms with E-state index in [1.165, 1.54) is 0 Å². The van der Waals surface area contributed by atoms with Crippen molar-refractivity contribution in [2.45, 2.75) is 10.8 Å². The van der Waals surface area contributed by atoms with Crippen molar-refractivity contribution >= 4 is 39.3 Å². The smallest absolute Gasteiger partial charge is 0.309 e. The van der Waals surface area contributed by atoms with Crippen LogP contribution in [0.4, 0.5) is 0 Å². The van der Waals surface area contributed by atoms with Crippen LogP contribution in [0.25, 0.3) is 21.5 Å². The molecule has 0 saturated heterocycles. The van der Waals surface area contributed by atoms with E-state index in [4.69, 9.17) is 0 Å². The summed E-state index contributed by atoms with van der Waals surface area (Å²) in [5.41, 5.74) is -1.16. The lowest BCUT2D eigenvalue weighted by Gasteiger charge is -2.40. The van der Waals surface area contributed by atoms with E-state index < -0.39 is 40.4 Å². The lowest BCUT2D eigenvalue weighted by atomic mass is 9.58. The van der Waals surface area contributed by atoms with Crippen LogP contribution in [-0.2, 0) is 25.2 Å². The number of hydrogen-bond acceptors (Lipinski definition) is 3. The van der Waals surface area contributed by atoms with Crippen molar-refractivity contribution in [2.75, 3.05) is 0 Å². The first-order valence-corrected chi connectivity index (χ1v) is 12.5. The molecule has 0 aliphatic heterocycles. The van der Waals surface area contributed by atoms with Crippen LogP contribution in [0, 0.1) is 11.8 Å². The van der Waals surface area contributed by atoms with Crippen LogP contribution < -0.4 is 0 Å². The highest BCUT2D eigenvalue weighted by atomic mass is 16.4. The number of carbonyl (C=O) groups is 3. The predicted octanol–water partition coefficient (Wildman–Crippen LogP) is 5.56. The summed E-state index contributed by atoms with van der Waals surface area (Å²) in [5.74, 6) is -6.00. The molecule has 0 spiro atoms. The molecule has 7 rings (SSSR count). The van der Waals surface area contributed by atoms with Gasteiger partial charge in [-0.1, -0.05) is 109 Å². The number of aliphatic carboxylic acids is 2. The summed E-state index contributed by atoms with van der Waals surface area (Å²) in [7, 11) is 0. The zero-order valence-electron chi connectivity index (χ0n) is 20.2. The molecule has 5 nitrogen and oxygen atoms in total. The van der Waals surface area contributed by atoms with Gasteiger partial charge in [0.1, 0.15) is 0 Å². The molecule has 0 aromatic heterocycles. The van der Waals surface area contributed by atoms with Crippen molar-refractivity contribution in [2.24, 2.45) is 11.8 Å². The number of Topliss-reactive ketones (excluding diaryl/α,β-unsaturated/α-hetero) is 1. The summed E-state index contributed by atoms with van der Waals surface area (Å²) in [6.07, 6.45) is 0. The SMILES string of the molecule is O=C(O)[C@@H]1[C@H](C(=O)O)[C@@]2(c3ccccc3)C(=O)[C@]1(c1ccccc1)c1c2c2ccccc2c2ccccc12. The van der Waals surface area contributed by atoms with Crippen molar-refractivity contribution in [3.8, 4) is 0 Å². The molecule has 5 aromatic carbocycles. The second-order valence-corrected chi connectivity index (χ2v) is 10.2. The molecule has 2 bridgehead atoms. The molecule has 184 valence electrons. The summed E-state index contributed by atoms with van der Waals surface area (Å²) < 4.78 is 0. The highest BCUT2D eigenvalue weighted by molar-refractivity contribution is 6.25. The molecule has 0 unspecified atom stereocenters. The minimum absolute atomic E-state index is 0.390. The van der Waals surface area contributed by atoms with E-state index >= 15 is 4.79 Å². The Hall–Kier alpha value is -4.77. The molecule has 5 aromatic rings. The summed E-state index contributed by atoms with van der Waals surface area (Å²) in [6, 6.07) is 33.2. The Morgan fingerprint density at radius 3 is 1.16 bits per heavy atom. The number of hydrogen-bond donors (Lipinski definition) is 2. The zero-order chi connectivity index (χ0) is 26.2. The van der Waals surface area contributed by atoms with Crippen molar-refractivity contribution in [3.63, 3.8) is 0 Å². The second-order valence-electron chi connectivity index (χ2n) is 10.2. The topological polar surface area (TPSA) is 91.7 Å². The number of fused-ring (bicyclic) bond motifs is 10. The van der Waals surface area contributed by atoms with Gasteiger partial charge in [0, 0.05) is 0 Å². The lowest BCUT2D eigenvalue weighted by molar-refractivity contribution is -0.155. The van der Waals surface area contributed by atoms with Gasteiger partial charge in [0.2, 0.25) is 0 Å². The van der Waals surface area contributed by atoms with Gasteiger partial charge in [0.15, 0.2) is 5.78 Å². The predicted molar refractivity (Wildman–Crippen MR) is 143 cm³/mol. The maximum absolute atomic E-state index is 15.3. The van der Waals surface area contributed by atoms with Gasteiger partial charge in [-0.3, -0.25) is 14.4 Å². The Morgan fingerprint density at radius 1 is 0.500 bits per heavy atom. The largest absolute Gasteiger partial charge is 0.481 e. The van der Waals surface area contributed by atoms with Crippen molar-refractivity contribution in [3.05, 3.63) is 131 Å². The maximum Gasteiger partial charge on any atom is 0.309 e. The third kappa shape index (κ3) is 2.39. The number of rotatable bonds is 4. The monoisotopic (exact) mass is 498 g/mol. The Balaban J connectivity index is 1.83. The van der Waals surface area contributed by atoms with Crippen LogP contribution in [0.3, 0.4) is 0 Å². The van der Waals surface area contributed by atoms with Crippen LogP contribution in [-0.4, -0.2) is 27.9 Å². The zero-order valence-corrected chi connectivity index (χ0v) is 20.2. The molecule has 0 radical (unpaired) electrons. The molecule has 2 aliphatic carbocycles. The summed E-state index contributed by atoms with van der Waals surface area (Å²) >= 11 is 0. The van der Waals surface area contributed by atoms with Gasteiger partial charge in [-0.15, -0.1) is 0 Å². The Labute approximate surface area is 218 Å². The number of ketones is 1. The average molecular weight is 499 g/mol. The number of carboxylic acids is 2. The molecular weight excluding hydrogens is 476 g/mol. The summed E-state index contributed by atoms with van der Waals surface area (Å²) in [4.78, 5) is 41.7. The number of benzene rings is 5. The number of carboxylic acid groups (broad SMARTS) is 2.